The molecule has 0 aliphatic carbocycles. The molecule has 29 heavy (non-hydrogen) atoms. The van der Waals surface area contributed by atoms with Gasteiger partial charge >= 0.3 is 17.9 Å². The Labute approximate surface area is 177 Å². The minimum atomic E-state index is -0.347. The van der Waals surface area contributed by atoms with Gasteiger partial charge in [0.25, 0.3) is 0 Å². The van der Waals surface area contributed by atoms with Gasteiger partial charge in [0.2, 0.25) is 0 Å². The largest absolute Gasteiger partial charge is 0.466 e. The van der Waals surface area contributed by atoms with E-state index >= 15 is 0 Å². The Bertz CT molecular complexity index is 468. The Morgan fingerprint density at radius 3 is 1.52 bits per heavy atom. The highest BCUT2D eigenvalue weighted by molar-refractivity contribution is 5.86. The smallest absolute Gasteiger partial charge is 0.332 e. The quantitative estimate of drug-likeness (QED) is 0.176. The molecule has 0 heterocycles. The summed E-state index contributed by atoms with van der Waals surface area (Å²) in [7, 11) is 1.33. The molecule has 0 spiro atoms. The first-order valence-electron chi connectivity index (χ1n) is 10.1. The fraction of sp³-hybridized carbons (Fsp3) is 0.609. The van der Waals surface area contributed by atoms with Gasteiger partial charge in [-0.25, -0.2) is 14.4 Å². The number of methoxy groups -OCH3 is 1. The van der Waals surface area contributed by atoms with E-state index in [-0.39, 0.29) is 17.9 Å². The average molecular weight is 413 g/mol. The first-order valence-corrected chi connectivity index (χ1v) is 10.1. The first kappa shape index (κ1) is 31.3. The van der Waals surface area contributed by atoms with Crippen LogP contribution in [0.1, 0.15) is 72.1 Å². The Morgan fingerprint density at radius 1 is 0.759 bits per heavy atom. The van der Waals surface area contributed by atoms with E-state index in [4.69, 9.17) is 4.74 Å². The third-order valence-electron chi connectivity index (χ3n) is 3.35. The number of rotatable bonds is 13. The van der Waals surface area contributed by atoms with Gasteiger partial charge in [-0.2, -0.15) is 0 Å². The van der Waals surface area contributed by atoms with Gasteiger partial charge in [0.15, 0.2) is 0 Å². The van der Waals surface area contributed by atoms with Gasteiger partial charge in [0, 0.05) is 17.7 Å². The second kappa shape index (κ2) is 25.6. The van der Waals surface area contributed by atoms with Crippen LogP contribution in [0.4, 0.5) is 0 Å². The van der Waals surface area contributed by atoms with E-state index in [0.717, 1.165) is 25.7 Å². The van der Waals surface area contributed by atoms with Gasteiger partial charge in [-0.15, -0.1) is 0 Å². The molecule has 0 aliphatic rings. The molecule has 0 N–H and O–H groups in total. The third kappa shape index (κ3) is 30.6. The van der Waals surface area contributed by atoms with E-state index in [1.807, 2.05) is 6.92 Å². The van der Waals surface area contributed by atoms with E-state index in [0.29, 0.717) is 18.8 Å². The number of hydrogen-bond acceptors (Lipinski definition) is 6. The number of carbonyl (C=O) groups excluding carboxylic acids is 3. The Morgan fingerprint density at radius 2 is 1.17 bits per heavy atom. The van der Waals surface area contributed by atoms with Crippen molar-refractivity contribution in [3.63, 3.8) is 0 Å². The van der Waals surface area contributed by atoms with Crippen LogP contribution < -0.4 is 0 Å². The highest BCUT2D eigenvalue weighted by Crippen LogP contribution is 2.04. The molecule has 6 nitrogen and oxygen atoms in total. The molecular weight excluding hydrogens is 372 g/mol. The van der Waals surface area contributed by atoms with Crippen LogP contribution in [0, 0.1) is 0 Å². The standard InChI is InChI=1S/C11H20O2.C7H12O2.C5H8O2/c1-3-5-6-7-8-9-10-13-11(12)4-2;1-3-5-6-9-7(8)4-2;1-4(2)5(6)7-3/h4H,2-3,5-10H2,1H3;4H,2-3,5-6H2,1H3;1H2,2-3H3. The van der Waals surface area contributed by atoms with Crippen molar-refractivity contribution in [1.29, 1.82) is 0 Å². The van der Waals surface area contributed by atoms with Crippen molar-refractivity contribution in [2.75, 3.05) is 20.3 Å². The maximum atomic E-state index is 10.6. The topological polar surface area (TPSA) is 78.9 Å². The Balaban J connectivity index is -0.000000370. The van der Waals surface area contributed by atoms with Gasteiger partial charge < -0.3 is 14.2 Å². The minimum Gasteiger partial charge on any atom is -0.466 e. The molecular formula is C23H40O6. The van der Waals surface area contributed by atoms with E-state index in [2.05, 4.69) is 36.1 Å². The molecule has 0 fully saturated rings. The van der Waals surface area contributed by atoms with Crippen LogP contribution in [0.3, 0.4) is 0 Å². The lowest BCUT2D eigenvalue weighted by atomic mass is 10.1. The average Bonchev–Trinajstić information content (AvgIpc) is 2.73. The monoisotopic (exact) mass is 412 g/mol. The van der Waals surface area contributed by atoms with Crippen LogP contribution in [0.2, 0.25) is 0 Å². The Kier molecular flexibility index (Phi) is 27.7. The van der Waals surface area contributed by atoms with Crippen molar-refractivity contribution in [1.82, 2.24) is 0 Å². The molecule has 0 aliphatic heterocycles. The van der Waals surface area contributed by atoms with Crippen molar-refractivity contribution in [2.45, 2.75) is 72.1 Å². The molecule has 0 aromatic rings. The predicted octanol–water partition coefficient (Wildman–Crippen LogP) is 5.33. The molecule has 0 atom stereocenters. The summed E-state index contributed by atoms with van der Waals surface area (Å²) >= 11 is 0. The highest BCUT2D eigenvalue weighted by atomic mass is 16.5. The van der Waals surface area contributed by atoms with Crippen molar-refractivity contribution < 1.29 is 28.6 Å². The van der Waals surface area contributed by atoms with Gasteiger partial charge in [-0.3, -0.25) is 0 Å². The zero-order valence-electron chi connectivity index (χ0n) is 18.8. The maximum absolute atomic E-state index is 10.6. The van der Waals surface area contributed by atoms with Gasteiger partial charge in [-0.05, 0) is 19.8 Å². The fourth-order valence-corrected chi connectivity index (χ4v) is 1.66. The number of carbonyl (C=O) groups is 3. The number of esters is 3. The summed E-state index contributed by atoms with van der Waals surface area (Å²) in [5.41, 5.74) is 0.433. The number of hydrogen-bond donors (Lipinski definition) is 0. The van der Waals surface area contributed by atoms with Gasteiger partial charge in [0.05, 0.1) is 20.3 Å². The zero-order chi connectivity index (χ0) is 22.9. The van der Waals surface area contributed by atoms with Crippen molar-refractivity contribution in [3.8, 4) is 0 Å². The van der Waals surface area contributed by atoms with Crippen LogP contribution in [-0.4, -0.2) is 38.2 Å². The van der Waals surface area contributed by atoms with Crippen LogP contribution in [0.25, 0.3) is 0 Å². The van der Waals surface area contributed by atoms with E-state index < -0.39 is 0 Å². The molecule has 168 valence electrons. The summed E-state index contributed by atoms with van der Waals surface area (Å²) in [6, 6.07) is 0. The molecule has 0 saturated carbocycles. The number of ether oxygens (including phenoxy) is 3. The molecule has 0 saturated heterocycles. The third-order valence-corrected chi connectivity index (χ3v) is 3.35. The molecule has 0 bridgehead atoms. The van der Waals surface area contributed by atoms with Crippen molar-refractivity contribution >= 4 is 17.9 Å². The van der Waals surface area contributed by atoms with Crippen molar-refractivity contribution in [2.24, 2.45) is 0 Å². The molecule has 0 unspecified atom stereocenters. The molecule has 0 aromatic carbocycles. The molecule has 0 radical (unpaired) electrons. The highest BCUT2D eigenvalue weighted by Gasteiger charge is 1.96. The summed E-state index contributed by atoms with van der Waals surface area (Å²) in [4.78, 5) is 31.1. The Hall–Kier alpha value is -2.37. The normalized spacial score (nSPS) is 8.83. The van der Waals surface area contributed by atoms with E-state index in [9.17, 15) is 14.4 Å². The predicted molar refractivity (Wildman–Crippen MR) is 117 cm³/mol. The maximum Gasteiger partial charge on any atom is 0.332 e. The molecule has 6 heteroatoms. The summed E-state index contributed by atoms with van der Waals surface area (Å²) in [5, 5.41) is 0. The lowest BCUT2D eigenvalue weighted by Gasteiger charge is -2.01. The zero-order valence-corrected chi connectivity index (χ0v) is 18.8. The fourth-order valence-electron chi connectivity index (χ4n) is 1.66. The second-order valence-corrected chi connectivity index (χ2v) is 6.14. The van der Waals surface area contributed by atoms with Crippen LogP contribution in [0.15, 0.2) is 37.5 Å². The molecule has 0 aromatic heterocycles. The molecule has 0 amide bonds. The van der Waals surface area contributed by atoms with E-state index in [1.165, 1.54) is 44.9 Å². The van der Waals surface area contributed by atoms with Crippen LogP contribution >= 0.6 is 0 Å². The number of unbranched alkanes of at least 4 members (excludes halogenated alkanes) is 6. The van der Waals surface area contributed by atoms with E-state index in [1.54, 1.807) is 6.92 Å². The van der Waals surface area contributed by atoms with Gasteiger partial charge in [-0.1, -0.05) is 72.1 Å². The second-order valence-electron chi connectivity index (χ2n) is 6.14. The summed E-state index contributed by atoms with van der Waals surface area (Å²) in [6.07, 6.45) is 11.6. The summed E-state index contributed by atoms with van der Waals surface area (Å²) in [5.74, 6) is -0.989. The SMILES string of the molecule is C=C(C)C(=O)OC.C=CC(=O)OCCCC.C=CC(=O)OCCCCCCCC. The van der Waals surface area contributed by atoms with Crippen LogP contribution in [-0.2, 0) is 28.6 Å². The lowest BCUT2D eigenvalue weighted by molar-refractivity contribution is -0.138. The first-order chi connectivity index (χ1) is 13.8. The molecule has 0 rings (SSSR count). The van der Waals surface area contributed by atoms with Gasteiger partial charge in [0.1, 0.15) is 0 Å². The summed E-state index contributed by atoms with van der Waals surface area (Å²) in [6.45, 7) is 16.8. The van der Waals surface area contributed by atoms with Crippen molar-refractivity contribution in [3.05, 3.63) is 37.5 Å². The summed E-state index contributed by atoms with van der Waals surface area (Å²) < 4.78 is 13.8. The minimum absolute atomic E-state index is 0.312. The van der Waals surface area contributed by atoms with Crippen LogP contribution in [0.5, 0.6) is 0 Å². The lowest BCUT2D eigenvalue weighted by Crippen LogP contribution is -2.01.